The summed E-state index contributed by atoms with van der Waals surface area (Å²) in [7, 11) is -9.81. The summed E-state index contributed by atoms with van der Waals surface area (Å²) in [5, 5.41) is 20.7. The van der Waals surface area contributed by atoms with Crippen LogP contribution in [-0.2, 0) is 55.8 Å². The Morgan fingerprint density at radius 3 is 0.730 bits per heavy atom. The number of rotatable bonds is 87. The van der Waals surface area contributed by atoms with E-state index in [1.165, 1.54) is 173 Å². The number of phosphoric acid groups is 2. The van der Waals surface area contributed by atoms with Crippen LogP contribution in [0.3, 0.4) is 0 Å². The molecule has 0 aromatic rings. The zero-order valence-electron chi connectivity index (χ0n) is 72.9. The lowest BCUT2D eigenvalue weighted by Crippen LogP contribution is -2.30. The fourth-order valence-corrected chi connectivity index (χ4v) is 14.1. The molecule has 115 heavy (non-hydrogen) atoms. The summed E-state index contributed by atoms with van der Waals surface area (Å²) >= 11 is 0. The molecule has 0 spiro atoms. The van der Waals surface area contributed by atoms with Crippen LogP contribution in [0.15, 0.2) is 146 Å². The molecule has 0 saturated heterocycles. The van der Waals surface area contributed by atoms with E-state index in [1.807, 2.05) is 0 Å². The molecule has 0 radical (unpaired) electrons. The zero-order valence-corrected chi connectivity index (χ0v) is 74.7. The summed E-state index contributed by atoms with van der Waals surface area (Å²) in [5.74, 6) is -1.58. The Labute approximate surface area is 702 Å². The predicted molar refractivity (Wildman–Crippen MR) is 482 cm³/mol. The highest BCUT2D eigenvalue weighted by Crippen LogP contribution is 2.45. The van der Waals surface area contributed by atoms with Gasteiger partial charge in [-0.15, -0.1) is 0 Å². The van der Waals surface area contributed by atoms with Crippen LogP contribution in [0, 0.1) is 0 Å². The van der Waals surface area contributed by atoms with Gasteiger partial charge in [0.15, 0.2) is 6.10 Å². The van der Waals surface area contributed by atoms with Crippen molar-refractivity contribution in [2.24, 2.45) is 0 Å². The average molecular weight is 1650 g/mol. The molecular weight excluding hydrogens is 1480 g/mol. The minimum Gasteiger partial charge on any atom is -0.463 e. The second-order valence-electron chi connectivity index (χ2n) is 30.7. The average Bonchev–Trinajstić information content (AvgIpc) is 0.894. The molecule has 5 atom stereocenters. The normalized spacial score (nSPS) is 14.5. The second kappa shape index (κ2) is 88.7. The number of aliphatic hydroxyl groups is 2. The first-order valence-corrected chi connectivity index (χ1v) is 49.1. The van der Waals surface area contributed by atoms with Crippen LogP contribution < -0.4 is 0 Å². The molecule has 16 nitrogen and oxygen atoms in total. The van der Waals surface area contributed by atoms with Crippen molar-refractivity contribution in [2.45, 2.75) is 411 Å². The molecular formula is C97H168O16P2. The molecule has 18 heteroatoms. The van der Waals surface area contributed by atoms with Crippen molar-refractivity contribution in [1.82, 2.24) is 0 Å². The van der Waals surface area contributed by atoms with Gasteiger partial charge in [0.1, 0.15) is 25.4 Å². The van der Waals surface area contributed by atoms with Gasteiger partial charge in [0.2, 0.25) is 0 Å². The van der Waals surface area contributed by atoms with Gasteiger partial charge in [0.25, 0.3) is 0 Å². The van der Waals surface area contributed by atoms with Crippen molar-refractivity contribution in [1.29, 1.82) is 0 Å². The van der Waals surface area contributed by atoms with Crippen molar-refractivity contribution >= 4 is 33.6 Å². The summed E-state index contributed by atoms with van der Waals surface area (Å²) in [4.78, 5) is 59.0. The van der Waals surface area contributed by atoms with Crippen LogP contribution in [0.4, 0.5) is 0 Å². The van der Waals surface area contributed by atoms with Crippen molar-refractivity contribution in [3.05, 3.63) is 146 Å². The van der Waals surface area contributed by atoms with Crippen LogP contribution in [-0.4, -0.2) is 95.9 Å². The first-order valence-electron chi connectivity index (χ1n) is 46.1. The SMILES string of the molecule is CC/C=C\C/C=C\C/C=C\C/C=C\C/C=C\CCCCCCCCCCCCCCCC(=O)OCC(COP(=O)(O)OCC(O)COP(=O)(O)OCC(O)COC(=O)CCCCCCCCCCCCCCCCC/C=C\C/C=C\C/C=C\C/C=C\CCCCC)OC(=O)CCCCCCCC/C=C\C/C=C\C/C=C\CCCCC. The zero-order chi connectivity index (χ0) is 83.6. The van der Waals surface area contributed by atoms with Crippen molar-refractivity contribution in [3.63, 3.8) is 0 Å². The molecule has 0 rings (SSSR count). The van der Waals surface area contributed by atoms with Crippen LogP contribution in [0.2, 0.25) is 0 Å². The van der Waals surface area contributed by atoms with Crippen LogP contribution >= 0.6 is 15.6 Å². The molecule has 0 aromatic carbocycles. The Morgan fingerprint density at radius 1 is 0.252 bits per heavy atom. The first kappa shape index (κ1) is 110. The Balaban J connectivity index is 4.56. The number of carbonyl (C=O) groups excluding carboxylic acids is 3. The minimum absolute atomic E-state index is 0.0879. The molecule has 0 aliphatic heterocycles. The third-order valence-corrected chi connectivity index (χ3v) is 21.4. The summed E-state index contributed by atoms with van der Waals surface area (Å²) in [6.07, 6.45) is 112. The highest BCUT2D eigenvalue weighted by atomic mass is 31.2. The molecule has 0 bridgehead atoms. The summed E-state index contributed by atoms with van der Waals surface area (Å²) in [6, 6.07) is 0. The van der Waals surface area contributed by atoms with Gasteiger partial charge in [-0.3, -0.25) is 32.5 Å². The molecule has 0 fully saturated rings. The lowest BCUT2D eigenvalue weighted by molar-refractivity contribution is -0.161. The van der Waals surface area contributed by atoms with E-state index >= 15 is 0 Å². The lowest BCUT2D eigenvalue weighted by atomic mass is 10.0. The number of hydrogen-bond acceptors (Lipinski definition) is 14. The maximum Gasteiger partial charge on any atom is 0.472 e. The van der Waals surface area contributed by atoms with E-state index in [0.717, 1.165) is 161 Å². The number of allylic oxidation sites excluding steroid dienone is 24. The standard InChI is InChI=1S/C97H168O16P2/c1-4-7-10-13-16-19-22-25-28-31-34-36-38-40-42-44-45-47-49-50-52-54-57-59-62-65-68-71-74-77-80-83-95(100)107-86-92(98)87-109-114(103,104)110-88-93(99)89-111-115(105,106)112-91-94(113-97(102)85-82-79-76-73-70-67-64-61-56-33-30-27-24-21-18-15-12-9-6-3)90-108-96(101)84-81-78-75-72-69-66-63-60-58-55-53-51-48-46-43-41-39-37-35-32-29-26-23-20-17-14-11-8-5-2/h8,11,16-21,25-30,34-37,40-43,56,61,92-94,98-99H,4-7,9-10,12-15,22-24,31-33,38-39,44-55,57-60,62-91H2,1-3H3,(H,103,104)(H,105,106)/b11-8-,19-16-,20-17-,21-18-,28-25-,29-26-,30-27-,36-34-,37-35-,42-40-,43-41-,61-56-. The Hall–Kier alpha value is -4.57. The Bertz CT molecular complexity index is 2670. The Morgan fingerprint density at radius 2 is 0.461 bits per heavy atom. The topological polar surface area (TPSA) is 231 Å². The van der Waals surface area contributed by atoms with Crippen molar-refractivity contribution in [3.8, 4) is 0 Å². The van der Waals surface area contributed by atoms with E-state index in [-0.39, 0.29) is 19.3 Å². The van der Waals surface area contributed by atoms with Crippen LogP contribution in [0.5, 0.6) is 0 Å². The molecule has 0 aliphatic carbocycles. The van der Waals surface area contributed by atoms with Gasteiger partial charge >= 0.3 is 33.6 Å². The van der Waals surface area contributed by atoms with Gasteiger partial charge in [0, 0.05) is 19.3 Å². The molecule has 5 unspecified atom stereocenters. The van der Waals surface area contributed by atoms with Gasteiger partial charge < -0.3 is 34.2 Å². The monoisotopic (exact) mass is 1650 g/mol. The second-order valence-corrected chi connectivity index (χ2v) is 33.6. The van der Waals surface area contributed by atoms with E-state index in [1.54, 1.807) is 0 Å². The number of ether oxygens (including phenoxy) is 3. The van der Waals surface area contributed by atoms with Gasteiger partial charge in [0.05, 0.1) is 26.4 Å². The number of aliphatic hydroxyl groups excluding tert-OH is 2. The fraction of sp³-hybridized carbons (Fsp3) is 0.722. The van der Waals surface area contributed by atoms with Gasteiger partial charge in [-0.1, -0.05) is 372 Å². The quantitative estimate of drug-likeness (QED) is 0.0146. The molecule has 0 heterocycles. The Kier molecular flexibility index (Phi) is 85.2. The van der Waals surface area contributed by atoms with Crippen LogP contribution in [0.25, 0.3) is 0 Å². The number of carbonyl (C=O) groups is 3. The summed E-state index contributed by atoms with van der Waals surface area (Å²) in [6.45, 7) is 2.55. The smallest absolute Gasteiger partial charge is 0.463 e. The van der Waals surface area contributed by atoms with E-state index < -0.39 is 91.5 Å². The predicted octanol–water partition coefficient (Wildman–Crippen LogP) is 28.3. The highest BCUT2D eigenvalue weighted by Gasteiger charge is 2.29. The largest absolute Gasteiger partial charge is 0.472 e. The molecule has 662 valence electrons. The highest BCUT2D eigenvalue weighted by molar-refractivity contribution is 7.47. The summed E-state index contributed by atoms with van der Waals surface area (Å²) < 4.78 is 61.5. The van der Waals surface area contributed by atoms with Crippen molar-refractivity contribution < 1.29 is 75.8 Å². The number of esters is 3. The van der Waals surface area contributed by atoms with Gasteiger partial charge in [-0.2, -0.15) is 0 Å². The van der Waals surface area contributed by atoms with Gasteiger partial charge in [-0.25, -0.2) is 9.13 Å². The number of unbranched alkanes of at least 4 members (excludes halogenated alkanes) is 40. The van der Waals surface area contributed by atoms with Crippen LogP contribution in [0.1, 0.15) is 393 Å². The summed E-state index contributed by atoms with van der Waals surface area (Å²) in [5.41, 5.74) is 0. The number of hydrogen-bond donors (Lipinski definition) is 4. The van der Waals surface area contributed by atoms with E-state index in [4.69, 9.17) is 32.3 Å². The maximum absolute atomic E-state index is 13.1. The molecule has 0 aliphatic rings. The molecule has 0 aromatic heterocycles. The van der Waals surface area contributed by atoms with Gasteiger partial charge in [-0.05, 0) is 148 Å². The number of phosphoric ester groups is 2. The third kappa shape index (κ3) is 90.0. The molecule has 0 amide bonds. The maximum atomic E-state index is 13.1. The van der Waals surface area contributed by atoms with Crippen molar-refractivity contribution in [2.75, 3.05) is 39.6 Å². The first-order chi connectivity index (χ1) is 56.2. The third-order valence-electron chi connectivity index (χ3n) is 19.5. The molecule has 4 N–H and O–H groups in total. The van der Waals surface area contributed by atoms with E-state index in [0.29, 0.717) is 19.3 Å². The van der Waals surface area contributed by atoms with E-state index in [2.05, 4.69) is 167 Å². The molecule has 0 saturated carbocycles. The lowest BCUT2D eigenvalue weighted by Gasteiger charge is -2.21. The fourth-order valence-electron chi connectivity index (χ4n) is 12.5. The minimum atomic E-state index is -4.94. The van der Waals surface area contributed by atoms with E-state index in [9.17, 15) is 43.5 Å².